The van der Waals surface area contributed by atoms with E-state index in [2.05, 4.69) is 0 Å². The molecular weight excluding hydrogens is 219 g/mol. The van der Waals surface area contributed by atoms with Crippen LogP contribution in [-0.4, -0.2) is 10.9 Å². The molecule has 2 aromatic carbocycles. The highest BCUT2D eigenvalue weighted by molar-refractivity contribution is 6.09. The van der Waals surface area contributed by atoms with E-state index >= 15 is 0 Å². The molecule has 17 heavy (non-hydrogen) atoms. The van der Waals surface area contributed by atoms with Gasteiger partial charge < -0.3 is 5.11 Å². The second-order valence-corrected chi connectivity index (χ2v) is 3.81. The highest BCUT2D eigenvalue weighted by Gasteiger charge is 2.13. The average molecular weight is 230 g/mol. The molecule has 2 nitrogen and oxygen atoms in total. The standard InChI is InChI=1S/C14H11FO2/c1-9-8-10(6-7-13(9)16)14(17)11-4-2-3-5-12(11)15/h2-8,16H,1H3. The van der Waals surface area contributed by atoms with Crippen molar-refractivity contribution in [2.45, 2.75) is 6.92 Å². The Hall–Kier alpha value is -2.16. The number of aromatic hydroxyl groups is 1. The minimum atomic E-state index is -0.539. The molecule has 0 aliphatic carbocycles. The third kappa shape index (κ3) is 2.18. The zero-order valence-corrected chi connectivity index (χ0v) is 9.27. The minimum Gasteiger partial charge on any atom is -0.508 e. The van der Waals surface area contributed by atoms with Gasteiger partial charge in [0.1, 0.15) is 11.6 Å². The number of aryl methyl sites for hydroxylation is 1. The first kappa shape index (κ1) is 11.3. The van der Waals surface area contributed by atoms with Crippen LogP contribution in [0.25, 0.3) is 0 Å². The summed E-state index contributed by atoms with van der Waals surface area (Å²) in [4.78, 5) is 12.0. The van der Waals surface area contributed by atoms with Gasteiger partial charge in [-0.2, -0.15) is 0 Å². The Morgan fingerprint density at radius 2 is 1.88 bits per heavy atom. The van der Waals surface area contributed by atoms with Crippen molar-refractivity contribution >= 4 is 5.78 Å². The number of phenols is 1. The molecule has 0 saturated heterocycles. The molecule has 0 aromatic heterocycles. The van der Waals surface area contributed by atoms with Crippen molar-refractivity contribution < 1.29 is 14.3 Å². The number of hydrogen-bond acceptors (Lipinski definition) is 2. The summed E-state index contributed by atoms with van der Waals surface area (Å²) >= 11 is 0. The lowest BCUT2D eigenvalue weighted by atomic mass is 10.0. The maximum Gasteiger partial charge on any atom is 0.195 e. The minimum absolute atomic E-state index is 0.0394. The summed E-state index contributed by atoms with van der Waals surface area (Å²) in [7, 11) is 0. The van der Waals surface area contributed by atoms with Gasteiger partial charge in [0.15, 0.2) is 5.78 Å². The van der Waals surface area contributed by atoms with Gasteiger partial charge in [0, 0.05) is 5.56 Å². The Balaban J connectivity index is 2.44. The van der Waals surface area contributed by atoms with Gasteiger partial charge in [-0.25, -0.2) is 4.39 Å². The van der Waals surface area contributed by atoms with Crippen LogP contribution in [0.15, 0.2) is 42.5 Å². The van der Waals surface area contributed by atoms with Crippen molar-refractivity contribution in [2.75, 3.05) is 0 Å². The molecule has 0 saturated carbocycles. The van der Waals surface area contributed by atoms with Crippen molar-refractivity contribution in [1.29, 1.82) is 0 Å². The molecule has 86 valence electrons. The molecule has 2 rings (SSSR count). The maximum absolute atomic E-state index is 13.4. The summed E-state index contributed by atoms with van der Waals surface area (Å²) < 4.78 is 13.4. The first-order valence-corrected chi connectivity index (χ1v) is 5.18. The zero-order chi connectivity index (χ0) is 12.4. The summed E-state index contributed by atoms with van der Waals surface area (Å²) in [5, 5.41) is 9.37. The Labute approximate surface area is 98.3 Å². The fraction of sp³-hybridized carbons (Fsp3) is 0.0714. The molecular formula is C14H11FO2. The molecule has 0 heterocycles. The lowest BCUT2D eigenvalue weighted by molar-refractivity contribution is 0.103. The van der Waals surface area contributed by atoms with Gasteiger partial charge in [0.2, 0.25) is 0 Å². The lowest BCUT2D eigenvalue weighted by Crippen LogP contribution is -2.04. The highest BCUT2D eigenvalue weighted by Crippen LogP contribution is 2.20. The molecule has 3 heteroatoms. The SMILES string of the molecule is Cc1cc(C(=O)c2ccccc2F)ccc1O. The van der Waals surface area contributed by atoms with E-state index in [0.29, 0.717) is 11.1 Å². The number of carbonyl (C=O) groups is 1. The number of benzene rings is 2. The molecule has 0 bridgehead atoms. The summed E-state index contributed by atoms with van der Waals surface area (Å²) in [5.41, 5.74) is 0.996. The van der Waals surface area contributed by atoms with Crippen LogP contribution >= 0.6 is 0 Å². The smallest absolute Gasteiger partial charge is 0.195 e. The predicted octanol–water partition coefficient (Wildman–Crippen LogP) is 3.07. The third-order valence-electron chi connectivity index (χ3n) is 2.58. The van der Waals surface area contributed by atoms with Crippen molar-refractivity contribution in [3.8, 4) is 5.75 Å². The van der Waals surface area contributed by atoms with Crippen molar-refractivity contribution in [2.24, 2.45) is 0 Å². The zero-order valence-electron chi connectivity index (χ0n) is 9.27. The normalized spacial score (nSPS) is 10.2. The summed E-state index contributed by atoms with van der Waals surface area (Å²) in [6.07, 6.45) is 0. The molecule has 0 spiro atoms. The van der Waals surface area contributed by atoms with Crippen LogP contribution in [-0.2, 0) is 0 Å². The number of hydrogen-bond donors (Lipinski definition) is 1. The van der Waals surface area contributed by atoms with Crippen LogP contribution in [0.5, 0.6) is 5.75 Å². The first-order chi connectivity index (χ1) is 8.09. The van der Waals surface area contributed by atoms with Crippen LogP contribution in [0.1, 0.15) is 21.5 Å². The lowest BCUT2D eigenvalue weighted by Gasteiger charge is -2.04. The van der Waals surface area contributed by atoms with Gasteiger partial charge in [-0.15, -0.1) is 0 Å². The molecule has 2 aromatic rings. The van der Waals surface area contributed by atoms with E-state index in [1.165, 1.54) is 30.3 Å². The van der Waals surface area contributed by atoms with Crippen molar-refractivity contribution in [3.63, 3.8) is 0 Å². The molecule has 0 amide bonds. The molecule has 1 N–H and O–H groups in total. The van der Waals surface area contributed by atoms with E-state index in [4.69, 9.17) is 0 Å². The van der Waals surface area contributed by atoms with Gasteiger partial charge in [-0.3, -0.25) is 4.79 Å². The molecule has 0 unspecified atom stereocenters. The summed E-state index contributed by atoms with van der Waals surface area (Å²) in [5.74, 6) is -0.801. The van der Waals surface area contributed by atoms with E-state index in [9.17, 15) is 14.3 Å². The van der Waals surface area contributed by atoms with Gasteiger partial charge in [0.05, 0.1) is 5.56 Å². The van der Waals surface area contributed by atoms with Crippen LogP contribution < -0.4 is 0 Å². The summed E-state index contributed by atoms with van der Waals surface area (Å²) in [6.45, 7) is 1.69. The van der Waals surface area contributed by atoms with E-state index in [1.54, 1.807) is 19.1 Å². The molecule has 0 fully saturated rings. The monoisotopic (exact) mass is 230 g/mol. The summed E-state index contributed by atoms with van der Waals surface area (Å²) in [6, 6.07) is 10.3. The quantitative estimate of drug-likeness (QED) is 0.805. The molecule has 0 aliphatic heterocycles. The Morgan fingerprint density at radius 1 is 1.18 bits per heavy atom. The van der Waals surface area contributed by atoms with Gasteiger partial charge in [-0.05, 0) is 42.8 Å². The molecule has 0 aliphatic rings. The van der Waals surface area contributed by atoms with Crippen molar-refractivity contribution in [1.82, 2.24) is 0 Å². The second kappa shape index (κ2) is 4.37. The Bertz CT molecular complexity index is 576. The van der Waals surface area contributed by atoms with Gasteiger partial charge in [-0.1, -0.05) is 12.1 Å². The Kier molecular flexibility index (Phi) is 2.91. The topological polar surface area (TPSA) is 37.3 Å². The number of halogens is 1. The number of carbonyl (C=O) groups excluding carboxylic acids is 1. The van der Waals surface area contributed by atoms with Gasteiger partial charge in [0.25, 0.3) is 0 Å². The van der Waals surface area contributed by atoms with E-state index in [1.807, 2.05) is 0 Å². The van der Waals surface area contributed by atoms with E-state index in [-0.39, 0.29) is 17.1 Å². The number of ketones is 1. The average Bonchev–Trinajstić information content (AvgIpc) is 2.32. The van der Waals surface area contributed by atoms with E-state index < -0.39 is 5.82 Å². The molecule has 0 atom stereocenters. The first-order valence-electron chi connectivity index (χ1n) is 5.18. The number of rotatable bonds is 2. The van der Waals surface area contributed by atoms with Gasteiger partial charge >= 0.3 is 0 Å². The van der Waals surface area contributed by atoms with E-state index in [0.717, 1.165) is 0 Å². The number of phenolic OH excluding ortho intramolecular Hbond substituents is 1. The highest BCUT2D eigenvalue weighted by atomic mass is 19.1. The largest absolute Gasteiger partial charge is 0.508 e. The fourth-order valence-corrected chi connectivity index (χ4v) is 1.60. The van der Waals surface area contributed by atoms with Crippen molar-refractivity contribution in [3.05, 3.63) is 65.0 Å². The van der Waals surface area contributed by atoms with Crippen LogP contribution in [0.2, 0.25) is 0 Å². The fourth-order valence-electron chi connectivity index (χ4n) is 1.60. The van der Waals surface area contributed by atoms with Crippen LogP contribution in [0.3, 0.4) is 0 Å². The predicted molar refractivity (Wildman–Crippen MR) is 62.7 cm³/mol. The third-order valence-corrected chi connectivity index (χ3v) is 2.58. The second-order valence-electron chi connectivity index (χ2n) is 3.81. The maximum atomic E-state index is 13.4. The van der Waals surface area contributed by atoms with Crippen LogP contribution in [0, 0.1) is 12.7 Å². The molecule has 0 radical (unpaired) electrons. The Morgan fingerprint density at radius 3 is 2.53 bits per heavy atom. The van der Waals surface area contributed by atoms with Crippen LogP contribution in [0.4, 0.5) is 4.39 Å².